The summed E-state index contributed by atoms with van der Waals surface area (Å²) in [6.45, 7) is 4.98. The molecule has 3 N–H and O–H groups in total. The third kappa shape index (κ3) is 3.76. The quantitative estimate of drug-likeness (QED) is 0.760. The van der Waals surface area contributed by atoms with E-state index in [9.17, 15) is 14.7 Å². The maximum absolute atomic E-state index is 11.9. The average Bonchev–Trinajstić information content (AvgIpc) is 2.19. The Kier molecular flexibility index (Phi) is 3.96. The fourth-order valence-corrected chi connectivity index (χ4v) is 1.60. The van der Waals surface area contributed by atoms with Crippen LogP contribution in [0.15, 0.2) is 18.2 Å². The van der Waals surface area contributed by atoms with Gasteiger partial charge in [-0.05, 0) is 44.5 Å². The first kappa shape index (κ1) is 14.0. The summed E-state index contributed by atoms with van der Waals surface area (Å²) in [5.41, 5.74) is 0.164. The molecule has 1 aromatic carbocycles. The Morgan fingerprint density at radius 1 is 1.33 bits per heavy atom. The van der Waals surface area contributed by atoms with Crippen LogP contribution in [0.2, 0.25) is 0 Å². The summed E-state index contributed by atoms with van der Waals surface area (Å²) in [4.78, 5) is 22.6. The number of nitrogens with one attached hydrogen (secondary N) is 1. The SMILES string of the molecule is Cc1cc(C(=O)NC(C)(C)CC(=O)O)ccc1O. The van der Waals surface area contributed by atoms with Gasteiger partial charge in [-0.25, -0.2) is 0 Å². The monoisotopic (exact) mass is 251 g/mol. The molecule has 0 heterocycles. The topological polar surface area (TPSA) is 86.6 Å². The van der Waals surface area contributed by atoms with Crippen LogP contribution in [0.25, 0.3) is 0 Å². The number of benzene rings is 1. The largest absolute Gasteiger partial charge is 0.508 e. The van der Waals surface area contributed by atoms with Gasteiger partial charge in [0.25, 0.3) is 5.91 Å². The predicted molar refractivity (Wildman–Crippen MR) is 66.6 cm³/mol. The molecule has 0 saturated heterocycles. The second-order valence-corrected chi connectivity index (χ2v) is 4.91. The molecule has 5 nitrogen and oxygen atoms in total. The molecule has 0 aliphatic rings. The van der Waals surface area contributed by atoms with Crippen LogP contribution in [-0.2, 0) is 4.79 Å². The molecule has 0 spiro atoms. The van der Waals surface area contributed by atoms with Gasteiger partial charge in [-0.2, -0.15) is 0 Å². The number of carbonyl (C=O) groups excluding carboxylic acids is 1. The van der Waals surface area contributed by atoms with E-state index in [2.05, 4.69) is 5.32 Å². The summed E-state index contributed by atoms with van der Waals surface area (Å²) >= 11 is 0. The Morgan fingerprint density at radius 3 is 2.44 bits per heavy atom. The van der Waals surface area contributed by atoms with E-state index in [1.807, 2.05) is 0 Å². The molecule has 0 aliphatic heterocycles. The molecule has 98 valence electrons. The van der Waals surface area contributed by atoms with Gasteiger partial charge < -0.3 is 15.5 Å². The van der Waals surface area contributed by atoms with Crippen LogP contribution in [0, 0.1) is 6.92 Å². The molecule has 0 unspecified atom stereocenters. The number of carbonyl (C=O) groups is 2. The minimum atomic E-state index is -0.970. The first-order chi connectivity index (χ1) is 8.21. The molecule has 18 heavy (non-hydrogen) atoms. The standard InChI is InChI=1S/C13H17NO4/c1-8-6-9(4-5-10(8)15)12(18)14-13(2,3)7-11(16)17/h4-6,15H,7H2,1-3H3,(H,14,18)(H,16,17). The van der Waals surface area contributed by atoms with Gasteiger partial charge in [0.2, 0.25) is 0 Å². The lowest BCUT2D eigenvalue weighted by atomic mass is 10.00. The van der Waals surface area contributed by atoms with Gasteiger partial charge in [0.1, 0.15) is 5.75 Å². The van der Waals surface area contributed by atoms with Crippen LogP contribution < -0.4 is 5.32 Å². The Balaban J connectivity index is 2.82. The maximum atomic E-state index is 11.9. The summed E-state index contributed by atoms with van der Waals surface area (Å²) in [5.74, 6) is -1.21. The number of hydrogen-bond donors (Lipinski definition) is 3. The van der Waals surface area contributed by atoms with Crippen molar-refractivity contribution < 1.29 is 19.8 Å². The molecule has 0 saturated carbocycles. The fraction of sp³-hybridized carbons (Fsp3) is 0.385. The van der Waals surface area contributed by atoms with Gasteiger partial charge in [0.05, 0.1) is 6.42 Å². The normalized spacial score (nSPS) is 11.1. The number of phenolic OH excluding ortho intramolecular Hbond substituents is 1. The molecule has 1 amide bonds. The van der Waals surface area contributed by atoms with Crippen molar-refractivity contribution in [2.45, 2.75) is 32.7 Å². The van der Waals surface area contributed by atoms with Crippen molar-refractivity contribution >= 4 is 11.9 Å². The van der Waals surface area contributed by atoms with Gasteiger partial charge in [-0.3, -0.25) is 9.59 Å². The summed E-state index contributed by atoms with van der Waals surface area (Å²) in [5, 5.41) is 20.7. The lowest BCUT2D eigenvalue weighted by Crippen LogP contribution is -2.44. The summed E-state index contributed by atoms with van der Waals surface area (Å²) in [6, 6.07) is 4.49. The van der Waals surface area contributed by atoms with E-state index in [4.69, 9.17) is 5.11 Å². The van der Waals surface area contributed by atoms with Gasteiger partial charge in [0, 0.05) is 11.1 Å². The third-order valence-corrected chi connectivity index (χ3v) is 2.50. The Labute approximate surface area is 105 Å². The van der Waals surface area contributed by atoms with Crippen LogP contribution in [0.5, 0.6) is 5.75 Å². The molecule has 0 aliphatic carbocycles. The zero-order valence-corrected chi connectivity index (χ0v) is 10.7. The van der Waals surface area contributed by atoms with Gasteiger partial charge in [-0.1, -0.05) is 0 Å². The highest BCUT2D eigenvalue weighted by molar-refractivity contribution is 5.95. The second-order valence-electron chi connectivity index (χ2n) is 4.91. The average molecular weight is 251 g/mol. The number of rotatable bonds is 4. The van der Waals surface area contributed by atoms with Gasteiger partial charge in [-0.15, -0.1) is 0 Å². The zero-order valence-electron chi connectivity index (χ0n) is 10.7. The predicted octanol–water partition coefficient (Wildman–Crippen LogP) is 1.68. The highest BCUT2D eigenvalue weighted by Crippen LogP contribution is 2.18. The second kappa shape index (κ2) is 5.08. The fourth-order valence-electron chi connectivity index (χ4n) is 1.60. The number of hydrogen-bond acceptors (Lipinski definition) is 3. The summed E-state index contributed by atoms with van der Waals surface area (Å²) < 4.78 is 0. The molecule has 0 aromatic heterocycles. The smallest absolute Gasteiger partial charge is 0.305 e. The van der Waals surface area contributed by atoms with Gasteiger partial charge >= 0.3 is 5.97 Å². The first-order valence-corrected chi connectivity index (χ1v) is 5.55. The lowest BCUT2D eigenvalue weighted by Gasteiger charge is -2.24. The summed E-state index contributed by atoms with van der Waals surface area (Å²) in [7, 11) is 0. The van der Waals surface area contributed by atoms with Crippen molar-refractivity contribution in [3.05, 3.63) is 29.3 Å². The number of phenols is 1. The third-order valence-electron chi connectivity index (χ3n) is 2.50. The Bertz CT molecular complexity index is 480. The van der Waals surface area contributed by atoms with Crippen molar-refractivity contribution in [3.8, 4) is 5.75 Å². The number of carboxylic acids is 1. The molecule has 0 atom stereocenters. The van der Waals surface area contributed by atoms with Gasteiger partial charge in [0.15, 0.2) is 0 Å². The Hall–Kier alpha value is -2.04. The van der Waals surface area contributed by atoms with Crippen molar-refractivity contribution in [2.75, 3.05) is 0 Å². The zero-order chi connectivity index (χ0) is 13.9. The summed E-state index contributed by atoms with van der Waals surface area (Å²) in [6.07, 6.45) is -0.157. The van der Waals surface area contributed by atoms with E-state index in [1.165, 1.54) is 12.1 Å². The Morgan fingerprint density at radius 2 is 1.94 bits per heavy atom. The van der Waals surface area contributed by atoms with Crippen molar-refractivity contribution in [1.29, 1.82) is 0 Å². The van der Waals surface area contributed by atoms with E-state index >= 15 is 0 Å². The number of amides is 1. The van der Waals surface area contributed by atoms with Crippen LogP contribution in [-0.4, -0.2) is 27.6 Å². The van der Waals surface area contributed by atoms with E-state index in [-0.39, 0.29) is 18.1 Å². The molecule has 0 radical (unpaired) electrons. The minimum absolute atomic E-state index is 0.122. The highest BCUT2D eigenvalue weighted by atomic mass is 16.4. The maximum Gasteiger partial charge on any atom is 0.305 e. The van der Waals surface area contributed by atoms with Crippen molar-refractivity contribution in [2.24, 2.45) is 0 Å². The van der Waals surface area contributed by atoms with E-state index in [0.29, 0.717) is 11.1 Å². The number of aryl methyl sites for hydroxylation is 1. The van der Waals surface area contributed by atoms with Crippen LogP contribution in [0.4, 0.5) is 0 Å². The molecule has 1 aromatic rings. The molecule has 1 rings (SSSR count). The molecular formula is C13H17NO4. The van der Waals surface area contributed by atoms with E-state index in [0.717, 1.165) is 0 Å². The van der Waals surface area contributed by atoms with Crippen LogP contribution >= 0.6 is 0 Å². The van der Waals surface area contributed by atoms with Crippen LogP contribution in [0.3, 0.4) is 0 Å². The number of aromatic hydroxyl groups is 1. The van der Waals surface area contributed by atoms with Crippen molar-refractivity contribution in [1.82, 2.24) is 5.32 Å². The highest BCUT2D eigenvalue weighted by Gasteiger charge is 2.24. The minimum Gasteiger partial charge on any atom is -0.508 e. The van der Waals surface area contributed by atoms with Crippen molar-refractivity contribution in [3.63, 3.8) is 0 Å². The molecule has 0 fully saturated rings. The molecule has 5 heteroatoms. The number of carboxylic acid groups (broad SMARTS) is 1. The molecular weight excluding hydrogens is 234 g/mol. The van der Waals surface area contributed by atoms with E-state index < -0.39 is 11.5 Å². The molecule has 0 bridgehead atoms. The lowest BCUT2D eigenvalue weighted by molar-refractivity contribution is -0.138. The first-order valence-electron chi connectivity index (χ1n) is 5.55. The van der Waals surface area contributed by atoms with Crippen LogP contribution in [0.1, 0.15) is 36.2 Å². The van der Waals surface area contributed by atoms with E-state index in [1.54, 1.807) is 26.8 Å². The number of aliphatic carboxylic acids is 1.